The van der Waals surface area contributed by atoms with E-state index in [9.17, 15) is 24.8 Å². The van der Waals surface area contributed by atoms with Gasteiger partial charge in [0.1, 0.15) is 34.7 Å². The standard InChI is InChI=1S/C49H52N10O5S2/c1-25-28(4)66-48-40(25)41(55-44(51)45-57-56-29(5)59(45)48)32-13-11-31(12-14-32)34-17-18-38(35(19-34)21-50)64-23-39(61)54-43(49(6,7)8)47(63)58-22-36(60)20-37(58)46(62)53-26(2)30-9-15-33(16-10-30)42-27(3)52-24-65-42/h9-19,24,26,36-37,43-44,60H,20,22-23,51H2,1-8H3,(H,53,62)(H,54,61)/t26-,36+,37-,43?,44?/m0/s1. The second-order valence-corrected chi connectivity index (χ2v) is 20.0. The molecule has 17 heteroatoms. The zero-order valence-corrected chi connectivity index (χ0v) is 39.7. The van der Waals surface area contributed by atoms with E-state index < -0.39 is 54.1 Å². The van der Waals surface area contributed by atoms with E-state index >= 15 is 0 Å². The van der Waals surface area contributed by atoms with Crippen LogP contribution in [0.3, 0.4) is 0 Å². The summed E-state index contributed by atoms with van der Waals surface area (Å²) < 4.78 is 7.87. The summed E-state index contributed by atoms with van der Waals surface area (Å²) in [6.45, 7) is 14.8. The third kappa shape index (κ3) is 9.01. The maximum atomic E-state index is 14.2. The number of thiazole rings is 1. The lowest BCUT2D eigenvalue weighted by Crippen LogP contribution is -2.58. The zero-order valence-electron chi connectivity index (χ0n) is 38.0. The van der Waals surface area contributed by atoms with Crippen LogP contribution in [0.4, 0.5) is 0 Å². The monoisotopic (exact) mass is 924 g/mol. The maximum Gasteiger partial charge on any atom is 0.258 e. The molecule has 2 unspecified atom stereocenters. The summed E-state index contributed by atoms with van der Waals surface area (Å²) in [5, 5.41) is 36.3. The summed E-state index contributed by atoms with van der Waals surface area (Å²) in [4.78, 5) is 54.3. The van der Waals surface area contributed by atoms with Crippen molar-refractivity contribution >= 4 is 46.1 Å². The molecule has 2 aliphatic rings. The van der Waals surface area contributed by atoms with Crippen LogP contribution in [0.2, 0.25) is 0 Å². The number of nitrogens with two attached hydrogens (primary N) is 1. The fourth-order valence-electron chi connectivity index (χ4n) is 8.45. The van der Waals surface area contributed by atoms with Gasteiger partial charge < -0.3 is 31.1 Å². The molecule has 1 saturated heterocycles. The number of aliphatic hydroxyl groups is 1. The molecule has 0 spiro atoms. The van der Waals surface area contributed by atoms with Crippen molar-refractivity contribution in [3.05, 3.63) is 122 Å². The Labute approximate surface area is 391 Å². The fraction of sp³-hybridized carbons (Fsp3) is 0.347. The third-order valence-electron chi connectivity index (χ3n) is 12.2. The van der Waals surface area contributed by atoms with Crippen molar-refractivity contribution in [1.29, 1.82) is 5.26 Å². The summed E-state index contributed by atoms with van der Waals surface area (Å²) in [6, 6.07) is 20.7. The van der Waals surface area contributed by atoms with E-state index in [-0.39, 0.29) is 30.3 Å². The quantitative estimate of drug-likeness (QED) is 0.107. The van der Waals surface area contributed by atoms with Gasteiger partial charge in [-0.25, -0.2) is 4.98 Å². The van der Waals surface area contributed by atoms with Crippen LogP contribution in [0.1, 0.15) is 96.4 Å². The largest absolute Gasteiger partial charge is 0.482 e. The molecule has 2 aliphatic heterocycles. The van der Waals surface area contributed by atoms with E-state index in [1.54, 1.807) is 34.8 Å². The van der Waals surface area contributed by atoms with Crippen molar-refractivity contribution in [3.8, 4) is 38.4 Å². The van der Waals surface area contributed by atoms with Gasteiger partial charge >= 0.3 is 0 Å². The predicted octanol–water partition coefficient (Wildman–Crippen LogP) is 6.78. The Morgan fingerprint density at radius 2 is 1.65 bits per heavy atom. The Morgan fingerprint density at radius 1 is 0.970 bits per heavy atom. The highest BCUT2D eigenvalue weighted by atomic mass is 32.1. The van der Waals surface area contributed by atoms with E-state index in [1.807, 2.05) is 106 Å². The lowest BCUT2D eigenvalue weighted by molar-refractivity contribution is -0.144. The fourth-order valence-corrected chi connectivity index (χ4v) is 10.5. The average Bonchev–Trinajstić information content (AvgIpc) is 4.06. The summed E-state index contributed by atoms with van der Waals surface area (Å²) in [5.41, 5.74) is 16.0. The first kappa shape index (κ1) is 46.0. The van der Waals surface area contributed by atoms with E-state index in [0.717, 1.165) is 70.9 Å². The molecule has 0 radical (unpaired) electrons. The number of ether oxygens (including phenoxy) is 1. The number of aryl methyl sites for hydroxylation is 3. The molecule has 15 nitrogen and oxygen atoms in total. The highest BCUT2D eigenvalue weighted by Crippen LogP contribution is 2.38. The number of carbonyl (C=O) groups is 3. The van der Waals surface area contributed by atoms with Crippen LogP contribution in [0, 0.1) is 44.4 Å². The van der Waals surface area contributed by atoms with Crippen molar-refractivity contribution in [3.63, 3.8) is 0 Å². The molecule has 6 aromatic rings. The van der Waals surface area contributed by atoms with E-state index in [2.05, 4.69) is 45.7 Å². The van der Waals surface area contributed by atoms with Crippen molar-refractivity contribution in [2.45, 2.75) is 92.2 Å². The number of nitrogens with one attached hydrogen (secondary N) is 2. The van der Waals surface area contributed by atoms with Gasteiger partial charge in [0.05, 0.1) is 39.5 Å². The molecule has 5 N–H and O–H groups in total. The Morgan fingerprint density at radius 3 is 2.32 bits per heavy atom. The smallest absolute Gasteiger partial charge is 0.258 e. The highest BCUT2D eigenvalue weighted by Gasteiger charge is 2.45. The zero-order chi connectivity index (χ0) is 47.2. The number of benzene rings is 3. The third-order valence-corrected chi connectivity index (χ3v) is 14.4. The number of amides is 3. The van der Waals surface area contributed by atoms with Crippen LogP contribution in [0.25, 0.3) is 26.6 Å². The SMILES string of the molecule is Cc1ncsc1-c1ccc([C@H](C)NC(=O)[C@@H]2C[C@@H](O)CN2C(=O)C(NC(=O)COc2ccc(-c3ccc(C4=NC(N)c5nnc(C)n5-c5sc(C)c(C)c54)cc3)cc2C#N)C(C)(C)C)cc1. The van der Waals surface area contributed by atoms with E-state index in [4.69, 9.17) is 15.5 Å². The number of nitrogens with zero attached hydrogens (tertiary/aromatic N) is 7. The number of hydrogen-bond donors (Lipinski definition) is 4. The van der Waals surface area contributed by atoms with Crippen molar-refractivity contribution in [2.24, 2.45) is 16.1 Å². The number of rotatable bonds is 11. The lowest BCUT2D eigenvalue weighted by atomic mass is 9.85. The van der Waals surface area contributed by atoms with Crippen LogP contribution in [0.15, 0.2) is 77.2 Å². The molecule has 5 heterocycles. The van der Waals surface area contributed by atoms with Gasteiger partial charge in [0, 0.05) is 29.0 Å². The molecule has 3 amide bonds. The van der Waals surface area contributed by atoms with Crippen molar-refractivity contribution in [1.82, 2.24) is 35.3 Å². The number of aliphatic hydroxyl groups excluding tert-OH is 1. The number of hydrogen-bond acceptors (Lipinski definition) is 13. The Bertz CT molecular complexity index is 2900. The predicted molar refractivity (Wildman–Crippen MR) is 254 cm³/mol. The van der Waals surface area contributed by atoms with Crippen molar-refractivity contribution < 1.29 is 24.2 Å². The summed E-state index contributed by atoms with van der Waals surface area (Å²) >= 11 is 3.22. The number of carbonyl (C=O) groups excluding carboxylic acids is 3. The van der Waals surface area contributed by atoms with Crippen LogP contribution in [-0.4, -0.2) is 84.5 Å². The second kappa shape index (κ2) is 18.4. The van der Waals surface area contributed by atoms with Gasteiger partial charge in [-0.05, 0) is 80.0 Å². The van der Waals surface area contributed by atoms with Crippen LogP contribution >= 0.6 is 22.7 Å². The van der Waals surface area contributed by atoms with Gasteiger partial charge in [-0.1, -0.05) is 75.4 Å². The first-order chi connectivity index (χ1) is 31.4. The average molecular weight is 925 g/mol. The van der Waals surface area contributed by atoms with Crippen molar-refractivity contribution in [2.75, 3.05) is 13.2 Å². The molecular weight excluding hydrogens is 873 g/mol. The van der Waals surface area contributed by atoms with Gasteiger partial charge in [-0.15, -0.1) is 32.9 Å². The highest BCUT2D eigenvalue weighted by molar-refractivity contribution is 7.15. The topological polar surface area (TPSA) is 214 Å². The minimum atomic E-state index is -1.06. The molecule has 5 atom stereocenters. The van der Waals surface area contributed by atoms with Gasteiger partial charge in [-0.2, -0.15) is 5.26 Å². The second-order valence-electron chi connectivity index (χ2n) is 17.9. The van der Waals surface area contributed by atoms with Gasteiger partial charge in [-0.3, -0.25) is 23.9 Å². The van der Waals surface area contributed by atoms with Gasteiger partial charge in [0.2, 0.25) is 11.8 Å². The minimum absolute atomic E-state index is 0.0590. The first-order valence-corrected chi connectivity index (χ1v) is 23.4. The molecule has 0 saturated carbocycles. The van der Waals surface area contributed by atoms with E-state index in [0.29, 0.717) is 5.82 Å². The van der Waals surface area contributed by atoms with Crippen LogP contribution in [0.5, 0.6) is 5.75 Å². The maximum absolute atomic E-state index is 14.2. The molecule has 3 aromatic carbocycles. The first-order valence-electron chi connectivity index (χ1n) is 21.7. The molecule has 0 aliphatic carbocycles. The number of β-amino-alcohol motifs (C(OH)–C–C–N with tert-alkyl or cyclic N) is 1. The Balaban J connectivity index is 0.918. The number of likely N-dealkylation sites (tertiary alicyclic amines) is 1. The number of thiophene rings is 1. The number of nitriles is 1. The lowest BCUT2D eigenvalue weighted by Gasteiger charge is -2.35. The summed E-state index contributed by atoms with van der Waals surface area (Å²) in [5.74, 6) is 0.0393. The molecule has 1 fully saturated rings. The molecule has 3 aromatic heterocycles. The number of aromatic nitrogens is 4. The molecular formula is C49H52N10O5S2. The molecule has 0 bridgehead atoms. The van der Waals surface area contributed by atoms with Gasteiger partial charge in [0.15, 0.2) is 18.6 Å². The normalized spacial score (nSPS) is 17.7. The molecule has 340 valence electrons. The van der Waals surface area contributed by atoms with Gasteiger partial charge in [0.25, 0.3) is 5.91 Å². The number of fused-ring (bicyclic) bond motifs is 3. The summed E-state index contributed by atoms with van der Waals surface area (Å²) in [6.07, 6.45) is -1.57. The molecule has 8 rings (SSSR count). The Hall–Kier alpha value is -6.58. The van der Waals surface area contributed by atoms with E-state index in [1.165, 1.54) is 4.90 Å². The summed E-state index contributed by atoms with van der Waals surface area (Å²) in [7, 11) is 0. The minimum Gasteiger partial charge on any atom is -0.482 e. The Kier molecular flexibility index (Phi) is 12.8. The molecule has 66 heavy (non-hydrogen) atoms. The van der Waals surface area contributed by atoms with Crippen LogP contribution < -0.4 is 21.1 Å². The van der Waals surface area contributed by atoms with Crippen LogP contribution in [-0.2, 0) is 14.4 Å². The number of aliphatic imine (C=N–C) groups is 1.